The molecule has 1 fully saturated rings. The number of aliphatic hydroxyl groups is 2. The molecule has 1 saturated heterocycles. The Bertz CT molecular complexity index is 151. The van der Waals surface area contributed by atoms with Crippen molar-refractivity contribution < 1.29 is 10.2 Å². The van der Waals surface area contributed by atoms with Crippen LogP contribution in [-0.2, 0) is 0 Å². The largest absolute Gasteiger partial charge is 0.389 e. The lowest BCUT2D eigenvalue weighted by molar-refractivity contribution is 0.0572. The minimum Gasteiger partial charge on any atom is -0.389 e. The summed E-state index contributed by atoms with van der Waals surface area (Å²) in [5.74, 6) is 1.28. The van der Waals surface area contributed by atoms with Crippen LogP contribution < -0.4 is 0 Å². The maximum Gasteiger partial charge on any atom is 0.0938 e. The smallest absolute Gasteiger partial charge is 0.0938 e. The van der Waals surface area contributed by atoms with E-state index in [-0.39, 0.29) is 0 Å². The van der Waals surface area contributed by atoms with Crippen molar-refractivity contribution in [3.8, 4) is 0 Å². The van der Waals surface area contributed by atoms with E-state index in [1.54, 1.807) is 0 Å². The third-order valence-electron chi connectivity index (χ3n) is 3.02. The third-order valence-corrected chi connectivity index (χ3v) is 3.02. The van der Waals surface area contributed by atoms with Gasteiger partial charge in [0.2, 0.25) is 0 Å². The Hall–Kier alpha value is -0.120. The van der Waals surface area contributed by atoms with Gasteiger partial charge in [0.1, 0.15) is 0 Å². The van der Waals surface area contributed by atoms with Crippen LogP contribution in [0.5, 0.6) is 0 Å². The van der Waals surface area contributed by atoms with Crippen molar-refractivity contribution in [3.63, 3.8) is 0 Å². The highest BCUT2D eigenvalue weighted by molar-refractivity contribution is 4.84. The first-order valence-corrected chi connectivity index (χ1v) is 5.09. The molecule has 3 nitrogen and oxygen atoms in total. The first-order chi connectivity index (χ1) is 6.00. The van der Waals surface area contributed by atoms with Crippen molar-refractivity contribution in [2.45, 2.75) is 33.0 Å². The molecule has 0 bridgehead atoms. The second kappa shape index (κ2) is 4.40. The SMILES string of the molecule is CC(C)[C@H](C)CN1C[C@H](O)[C@@H](O)C1. The van der Waals surface area contributed by atoms with Gasteiger partial charge in [0.25, 0.3) is 0 Å². The van der Waals surface area contributed by atoms with Crippen LogP contribution in [0.2, 0.25) is 0 Å². The van der Waals surface area contributed by atoms with Gasteiger partial charge in [-0.25, -0.2) is 0 Å². The standard InChI is InChI=1S/C10H21NO2/c1-7(2)8(3)4-11-5-9(12)10(13)6-11/h7-10,12-13H,4-6H2,1-3H3/t8-,9+,10+/m1/s1. The molecule has 0 unspecified atom stereocenters. The van der Waals surface area contributed by atoms with Gasteiger partial charge in [-0.3, -0.25) is 4.90 Å². The van der Waals surface area contributed by atoms with Crippen LogP contribution in [0.3, 0.4) is 0 Å². The van der Waals surface area contributed by atoms with Gasteiger partial charge in [0, 0.05) is 19.6 Å². The number of aliphatic hydroxyl groups excluding tert-OH is 2. The Kier molecular flexibility index (Phi) is 3.71. The summed E-state index contributed by atoms with van der Waals surface area (Å²) < 4.78 is 0. The van der Waals surface area contributed by atoms with Crippen LogP contribution >= 0.6 is 0 Å². The molecule has 0 saturated carbocycles. The van der Waals surface area contributed by atoms with Crippen molar-refractivity contribution in [3.05, 3.63) is 0 Å². The maximum atomic E-state index is 9.33. The van der Waals surface area contributed by atoms with Crippen LogP contribution in [0, 0.1) is 11.8 Å². The van der Waals surface area contributed by atoms with E-state index in [0.29, 0.717) is 24.9 Å². The Balaban J connectivity index is 2.31. The molecule has 0 aromatic rings. The zero-order valence-corrected chi connectivity index (χ0v) is 8.77. The van der Waals surface area contributed by atoms with Gasteiger partial charge in [-0.1, -0.05) is 20.8 Å². The lowest BCUT2D eigenvalue weighted by atomic mass is 9.98. The first kappa shape index (κ1) is 11.0. The molecular weight excluding hydrogens is 166 g/mol. The second-order valence-corrected chi connectivity index (χ2v) is 4.57. The molecule has 2 N–H and O–H groups in total. The van der Waals surface area contributed by atoms with E-state index in [4.69, 9.17) is 0 Å². The molecule has 1 rings (SSSR count). The highest BCUT2D eigenvalue weighted by Gasteiger charge is 2.30. The summed E-state index contributed by atoms with van der Waals surface area (Å²) in [6.45, 7) is 8.84. The van der Waals surface area contributed by atoms with Gasteiger partial charge in [-0.05, 0) is 11.8 Å². The van der Waals surface area contributed by atoms with Gasteiger partial charge in [0.05, 0.1) is 12.2 Å². The van der Waals surface area contributed by atoms with E-state index in [2.05, 4.69) is 25.7 Å². The summed E-state index contributed by atoms with van der Waals surface area (Å²) in [5, 5.41) is 18.7. The average molecular weight is 187 g/mol. The maximum absolute atomic E-state index is 9.33. The normalized spacial score (nSPS) is 32.8. The van der Waals surface area contributed by atoms with Gasteiger partial charge in [-0.2, -0.15) is 0 Å². The molecular formula is C10H21NO2. The molecule has 3 heteroatoms. The van der Waals surface area contributed by atoms with E-state index >= 15 is 0 Å². The van der Waals surface area contributed by atoms with Crippen molar-refractivity contribution in [2.24, 2.45) is 11.8 Å². The highest BCUT2D eigenvalue weighted by Crippen LogP contribution is 2.16. The molecule has 13 heavy (non-hydrogen) atoms. The lowest BCUT2D eigenvalue weighted by Gasteiger charge is -2.22. The predicted molar refractivity (Wildman–Crippen MR) is 52.5 cm³/mol. The number of rotatable bonds is 3. The fourth-order valence-corrected chi connectivity index (χ4v) is 1.61. The van der Waals surface area contributed by atoms with E-state index in [9.17, 15) is 10.2 Å². The number of β-amino-alcohol motifs (C(OH)–C–C–N with tert-alkyl or cyclic N) is 2. The quantitative estimate of drug-likeness (QED) is 0.668. The molecule has 0 spiro atoms. The van der Waals surface area contributed by atoms with Crippen molar-refractivity contribution >= 4 is 0 Å². The second-order valence-electron chi connectivity index (χ2n) is 4.57. The van der Waals surface area contributed by atoms with Crippen LogP contribution in [0.15, 0.2) is 0 Å². The fourth-order valence-electron chi connectivity index (χ4n) is 1.61. The molecule has 78 valence electrons. The van der Waals surface area contributed by atoms with E-state index in [0.717, 1.165) is 6.54 Å². The molecule has 0 aliphatic carbocycles. The fraction of sp³-hybridized carbons (Fsp3) is 1.00. The molecule has 0 aromatic carbocycles. The molecule has 1 aliphatic heterocycles. The van der Waals surface area contributed by atoms with Crippen LogP contribution in [0.4, 0.5) is 0 Å². The summed E-state index contributed by atoms with van der Waals surface area (Å²) in [7, 11) is 0. The van der Waals surface area contributed by atoms with Crippen molar-refractivity contribution in [1.82, 2.24) is 4.90 Å². The summed E-state index contributed by atoms with van der Waals surface area (Å²) >= 11 is 0. The van der Waals surface area contributed by atoms with Gasteiger partial charge >= 0.3 is 0 Å². The van der Waals surface area contributed by atoms with Crippen LogP contribution in [-0.4, -0.2) is 47.0 Å². The molecule has 3 atom stereocenters. The zero-order chi connectivity index (χ0) is 10.0. The Morgan fingerprint density at radius 2 is 1.62 bits per heavy atom. The highest BCUT2D eigenvalue weighted by atomic mass is 16.3. The van der Waals surface area contributed by atoms with E-state index in [1.165, 1.54) is 0 Å². The third kappa shape index (κ3) is 2.93. The lowest BCUT2D eigenvalue weighted by Crippen LogP contribution is -2.29. The minimum absolute atomic E-state index is 0.542. The molecule has 0 aromatic heterocycles. The monoisotopic (exact) mass is 187 g/mol. The summed E-state index contributed by atoms with van der Waals surface area (Å²) in [5.41, 5.74) is 0. The topological polar surface area (TPSA) is 43.7 Å². The van der Waals surface area contributed by atoms with E-state index < -0.39 is 12.2 Å². The summed E-state index contributed by atoms with van der Waals surface area (Å²) in [6.07, 6.45) is -1.08. The summed E-state index contributed by atoms with van der Waals surface area (Å²) in [6, 6.07) is 0. The zero-order valence-electron chi connectivity index (χ0n) is 8.77. The number of likely N-dealkylation sites (tertiary alicyclic amines) is 1. The first-order valence-electron chi connectivity index (χ1n) is 5.09. The summed E-state index contributed by atoms with van der Waals surface area (Å²) in [4.78, 5) is 2.14. The van der Waals surface area contributed by atoms with Crippen LogP contribution in [0.1, 0.15) is 20.8 Å². The van der Waals surface area contributed by atoms with Gasteiger partial charge in [0.15, 0.2) is 0 Å². The minimum atomic E-state index is -0.542. The molecule has 1 heterocycles. The molecule has 0 radical (unpaired) electrons. The van der Waals surface area contributed by atoms with Gasteiger partial charge in [-0.15, -0.1) is 0 Å². The number of hydrogen-bond acceptors (Lipinski definition) is 3. The van der Waals surface area contributed by atoms with Gasteiger partial charge < -0.3 is 10.2 Å². The average Bonchev–Trinajstić information content (AvgIpc) is 2.31. The van der Waals surface area contributed by atoms with E-state index in [1.807, 2.05) is 0 Å². The van der Waals surface area contributed by atoms with Crippen LogP contribution in [0.25, 0.3) is 0 Å². The molecule has 1 aliphatic rings. The van der Waals surface area contributed by atoms with Crippen molar-refractivity contribution in [1.29, 1.82) is 0 Å². The Labute approximate surface area is 80.4 Å². The number of nitrogens with zero attached hydrogens (tertiary/aromatic N) is 1. The molecule has 0 amide bonds. The predicted octanol–water partition coefficient (Wildman–Crippen LogP) is 0.316. The Morgan fingerprint density at radius 1 is 1.15 bits per heavy atom. The van der Waals surface area contributed by atoms with Crippen molar-refractivity contribution in [2.75, 3.05) is 19.6 Å². The Morgan fingerprint density at radius 3 is 2.00 bits per heavy atom. The number of hydrogen-bond donors (Lipinski definition) is 2.